The Morgan fingerprint density at radius 1 is 1.13 bits per heavy atom. The number of carboxylic acid groups (broad SMARTS) is 1. The number of nitrogens with one attached hydrogen (secondary N) is 1. The maximum absolute atomic E-state index is 13.1. The van der Waals surface area contributed by atoms with Crippen LogP contribution in [0.25, 0.3) is 28.2 Å². The molecule has 190 valence electrons. The number of amides is 1. The first-order chi connectivity index (χ1) is 18.3. The molecule has 0 atom stereocenters. The fraction of sp³-hybridized carbons (Fsp3) is 0.107. The van der Waals surface area contributed by atoms with E-state index in [0.717, 1.165) is 22.3 Å². The van der Waals surface area contributed by atoms with Crippen molar-refractivity contribution < 1.29 is 19.4 Å². The minimum atomic E-state index is -0.978. The number of thioether (sulfide) groups is 1. The highest BCUT2D eigenvalue weighted by molar-refractivity contribution is 8.26. The molecule has 1 aromatic heterocycles. The van der Waals surface area contributed by atoms with Gasteiger partial charge in [-0.25, -0.2) is 9.78 Å². The van der Waals surface area contributed by atoms with Gasteiger partial charge in [0, 0.05) is 12.1 Å². The summed E-state index contributed by atoms with van der Waals surface area (Å²) in [4.78, 5) is 44.8. The lowest BCUT2D eigenvalue weighted by Crippen LogP contribution is -2.30. The number of carbonyl (C=O) groups excluding carboxylic acids is 1. The first-order valence-corrected chi connectivity index (χ1v) is 12.8. The summed E-state index contributed by atoms with van der Waals surface area (Å²) in [6.07, 6.45) is 3.60. The van der Waals surface area contributed by atoms with Gasteiger partial charge in [-0.15, -0.1) is 0 Å². The summed E-state index contributed by atoms with van der Waals surface area (Å²) in [5, 5.41) is 9.06. The lowest BCUT2D eigenvalue weighted by Gasteiger charge is -2.14. The molecule has 8 nitrogen and oxygen atoms in total. The van der Waals surface area contributed by atoms with Crippen LogP contribution in [-0.4, -0.2) is 49.8 Å². The number of aromatic nitrogens is 2. The lowest BCUT2D eigenvalue weighted by atomic mass is 10.0. The highest BCUT2D eigenvalue weighted by Crippen LogP contribution is 2.36. The number of methoxy groups -OCH3 is 1. The third kappa shape index (κ3) is 5.22. The molecule has 0 bridgehead atoms. The Morgan fingerprint density at radius 2 is 1.92 bits per heavy atom. The molecular weight excluding hydrogens is 522 g/mol. The van der Waals surface area contributed by atoms with Crippen LogP contribution in [-0.2, 0) is 11.2 Å². The highest BCUT2D eigenvalue weighted by atomic mass is 32.2. The largest absolute Gasteiger partial charge is 0.496 e. The van der Waals surface area contributed by atoms with Crippen molar-refractivity contribution in [2.45, 2.75) is 6.42 Å². The van der Waals surface area contributed by atoms with Crippen LogP contribution in [0.3, 0.4) is 0 Å². The van der Waals surface area contributed by atoms with Crippen LogP contribution in [0.4, 0.5) is 0 Å². The molecule has 0 aliphatic carbocycles. The van der Waals surface area contributed by atoms with Crippen LogP contribution in [0.2, 0.25) is 0 Å². The number of rotatable bonds is 7. The van der Waals surface area contributed by atoms with E-state index in [4.69, 9.17) is 22.1 Å². The number of thiocarbonyl (C=S) groups is 1. The second-order valence-electron chi connectivity index (χ2n) is 8.52. The van der Waals surface area contributed by atoms with Gasteiger partial charge in [-0.3, -0.25) is 14.5 Å². The SMILES string of the molecule is COc1ccc(/C=C2\SC(=S)N(CCc3ccc(C(=O)O)cc3)C2=O)cc1-c1ccc2[nH]c(=O)cnc2c1. The van der Waals surface area contributed by atoms with Gasteiger partial charge in [0.05, 0.1) is 34.8 Å². The van der Waals surface area contributed by atoms with Gasteiger partial charge in [-0.2, -0.15) is 0 Å². The second-order valence-corrected chi connectivity index (χ2v) is 10.2. The molecule has 0 saturated carbocycles. The van der Waals surface area contributed by atoms with Crippen molar-refractivity contribution in [3.8, 4) is 16.9 Å². The third-order valence-corrected chi connectivity index (χ3v) is 7.49. The number of nitrogens with zero attached hydrogens (tertiary/aromatic N) is 2. The predicted octanol–water partition coefficient (Wildman–Crippen LogP) is 4.74. The zero-order valence-corrected chi connectivity index (χ0v) is 21.8. The number of hydrogen-bond acceptors (Lipinski definition) is 7. The average molecular weight is 544 g/mol. The molecule has 3 aromatic carbocycles. The Hall–Kier alpha value is -4.28. The number of carbonyl (C=O) groups is 2. The van der Waals surface area contributed by atoms with Gasteiger partial charge in [0.2, 0.25) is 0 Å². The molecule has 0 spiro atoms. The van der Waals surface area contributed by atoms with Gasteiger partial charge in [-0.1, -0.05) is 48.2 Å². The molecule has 38 heavy (non-hydrogen) atoms. The Labute approximate surface area is 227 Å². The van der Waals surface area contributed by atoms with Gasteiger partial charge in [0.1, 0.15) is 10.1 Å². The fourth-order valence-corrected chi connectivity index (χ4v) is 5.45. The molecule has 10 heteroatoms. The van der Waals surface area contributed by atoms with Crippen LogP contribution in [0.1, 0.15) is 21.5 Å². The number of ether oxygens (including phenoxy) is 1. The number of fused-ring (bicyclic) bond motifs is 1. The topological polar surface area (TPSA) is 113 Å². The minimum Gasteiger partial charge on any atom is -0.496 e. The summed E-state index contributed by atoms with van der Waals surface area (Å²) < 4.78 is 6.05. The zero-order chi connectivity index (χ0) is 26.8. The normalized spacial score (nSPS) is 14.4. The van der Waals surface area contributed by atoms with Crippen LogP contribution >= 0.6 is 24.0 Å². The van der Waals surface area contributed by atoms with Gasteiger partial charge in [0.25, 0.3) is 11.5 Å². The Morgan fingerprint density at radius 3 is 2.66 bits per heavy atom. The Kier molecular flexibility index (Phi) is 7.08. The summed E-state index contributed by atoms with van der Waals surface area (Å²) in [6.45, 7) is 0.397. The van der Waals surface area contributed by atoms with Gasteiger partial charge >= 0.3 is 5.97 Å². The summed E-state index contributed by atoms with van der Waals surface area (Å²) in [7, 11) is 1.59. The van der Waals surface area contributed by atoms with Crippen molar-refractivity contribution >= 4 is 57.3 Å². The minimum absolute atomic E-state index is 0.168. The van der Waals surface area contributed by atoms with Crippen LogP contribution in [0.5, 0.6) is 5.75 Å². The molecule has 1 amide bonds. The summed E-state index contributed by atoms with van der Waals surface area (Å²) in [6, 6.07) is 17.8. The summed E-state index contributed by atoms with van der Waals surface area (Å²) >= 11 is 6.72. The van der Waals surface area contributed by atoms with Crippen molar-refractivity contribution in [3.63, 3.8) is 0 Å². The maximum Gasteiger partial charge on any atom is 0.335 e. The molecule has 1 aliphatic heterocycles. The molecule has 1 fully saturated rings. The van der Waals surface area contributed by atoms with Crippen LogP contribution in [0.15, 0.2) is 76.6 Å². The number of carboxylic acids is 1. The van der Waals surface area contributed by atoms with Gasteiger partial charge in [-0.05, 0) is 65.6 Å². The Balaban J connectivity index is 1.37. The second kappa shape index (κ2) is 10.6. The van der Waals surface area contributed by atoms with Crippen molar-refractivity contribution in [2.24, 2.45) is 0 Å². The van der Waals surface area contributed by atoms with E-state index in [1.54, 1.807) is 48.4 Å². The van der Waals surface area contributed by atoms with Crippen molar-refractivity contribution in [3.05, 3.63) is 98.8 Å². The quantitative estimate of drug-likeness (QED) is 0.254. The average Bonchev–Trinajstić information content (AvgIpc) is 3.18. The van der Waals surface area contributed by atoms with E-state index < -0.39 is 5.97 Å². The summed E-state index contributed by atoms with van der Waals surface area (Å²) in [5.74, 6) is -0.486. The first-order valence-electron chi connectivity index (χ1n) is 11.6. The molecule has 0 unspecified atom stereocenters. The molecular formula is C28H21N3O5S2. The monoisotopic (exact) mass is 543 g/mol. The number of hydrogen-bond donors (Lipinski definition) is 2. The van der Waals surface area contributed by atoms with E-state index in [1.807, 2.05) is 30.3 Å². The smallest absolute Gasteiger partial charge is 0.335 e. The number of benzene rings is 3. The lowest BCUT2D eigenvalue weighted by molar-refractivity contribution is -0.122. The van der Waals surface area contributed by atoms with Crippen molar-refractivity contribution in [1.29, 1.82) is 0 Å². The number of aromatic carboxylic acids is 1. The van der Waals surface area contributed by atoms with Crippen molar-refractivity contribution in [2.75, 3.05) is 13.7 Å². The van der Waals surface area contributed by atoms with Crippen molar-refractivity contribution in [1.82, 2.24) is 14.9 Å². The predicted molar refractivity (Wildman–Crippen MR) is 151 cm³/mol. The van der Waals surface area contributed by atoms with Gasteiger partial charge in [0.15, 0.2) is 0 Å². The third-order valence-electron chi connectivity index (χ3n) is 6.11. The Bertz CT molecular complexity index is 1680. The van der Waals surface area contributed by atoms with Crippen LogP contribution < -0.4 is 10.3 Å². The molecule has 2 N–H and O–H groups in total. The molecule has 0 radical (unpaired) electrons. The molecule has 4 aromatic rings. The maximum atomic E-state index is 13.1. The van der Waals surface area contributed by atoms with E-state index in [-0.39, 0.29) is 17.0 Å². The first kappa shape index (κ1) is 25.4. The van der Waals surface area contributed by atoms with E-state index >= 15 is 0 Å². The van der Waals surface area contributed by atoms with E-state index in [9.17, 15) is 14.4 Å². The molecule has 1 aliphatic rings. The van der Waals surface area contributed by atoms with E-state index in [2.05, 4.69) is 9.97 Å². The number of aromatic amines is 1. The molecule has 1 saturated heterocycles. The fourth-order valence-electron chi connectivity index (χ4n) is 4.14. The highest BCUT2D eigenvalue weighted by Gasteiger charge is 2.31. The van der Waals surface area contributed by atoms with Gasteiger partial charge < -0.3 is 14.8 Å². The van der Waals surface area contributed by atoms with E-state index in [0.29, 0.717) is 39.0 Å². The molecule has 2 heterocycles. The van der Waals surface area contributed by atoms with E-state index in [1.165, 1.54) is 18.0 Å². The zero-order valence-electron chi connectivity index (χ0n) is 20.1. The molecule has 5 rings (SSSR count). The number of H-pyrrole nitrogens is 1. The van der Waals surface area contributed by atoms with Crippen LogP contribution in [0, 0.1) is 0 Å². The standard InChI is InChI=1S/C28H21N3O5S2/c1-36-23-9-4-17(12-20(23)19-7-8-21-22(14-19)29-15-25(32)30-21)13-24-26(33)31(28(37)38-24)11-10-16-2-5-18(6-3-16)27(34)35/h2-9,12-15H,10-11H2,1H3,(H,30,32)(H,34,35)/b24-13-. The summed E-state index contributed by atoms with van der Waals surface area (Å²) in [5.41, 5.74) is 4.63.